The van der Waals surface area contributed by atoms with Crippen LogP contribution in [0.2, 0.25) is 0 Å². The molecule has 1 aromatic carbocycles. The van der Waals surface area contributed by atoms with Gasteiger partial charge in [0.25, 0.3) is 5.91 Å². The van der Waals surface area contributed by atoms with Crippen LogP contribution < -0.4 is 0 Å². The zero-order valence-electron chi connectivity index (χ0n) is 19.2. The molecule has 0 unspecified atom stereocenters. The highest BCUT2D eigenvalue weighted by Gasteiger charge is 2.64. The SMILES string of the molecule is CCN(C[C@@]12CC[C@@H](c3cc(-c4c(F)cccc4F)nnc31)C2(C)C)C(=O)c1ccnc(O)n1. The largest absolute Gasteiger partial charge is 0.479 e. The van der Waals surface area contributed by atoms with E-state index in [1.165, 1.54) is 30.5 Å². The van der Waals surface area contributed by atoms with Gasteiger partial charge >= 0.3 is 6.01 Å². The number of benzene rings is 1. The molecule has 0 saturated heterocycles. The minimum absolute atomic E-state index is 0.118. The van der Waals surface area contributed by atoms with E-state index >= 15 is 0 Å². The van der Waals surface area contributed by atoms with Crippen LogP contribution in [-0.4, -0.2) is 49.2 Å². The van der Waals surface area contributed by atoms with Crippen molar-refractivity contribution in [3.05, 3.63) is 65.1 Å². The molecule has 2 aromatic heterocycles. The van der Waals surface area contributed by atoms with Crippen LogP contribution in [0, 0.1) is 17.0 Å². The smallest absolute Gasteiger partial charge is 0.314 e. The summed E-state index contributed by atoms with van der Waals surface area (Å²) in [5.41, 5.74) is 1.12. The van der Waals surface area contributed by atoms with Crippen LogP contribution in [-0.2, 0) is 5.41 Å². The molecule has 0 radical (unpaired) electrons. The van der Waals surface area contributed by atoms with Gasteiger partial charge in [0.2, 0.25) is 0 Å². The quantitative estimate of drug-likeness (QED) is 0.606. The first-order valence-electron chi connectivity index (χ1n) is 11.3. The third-order valence-electron chi connectivity index (χ3n) is 7.83. The molecule has 0 aliphatic heterocycles. The van der Waals surface area contributed by atoms with Crippen LogP contribution >= 0.6 is 0 Å². The molecular weight excluding hydrogens is 440 g/mol. The summed E-state index contributed by atoms with van der Waals surface area (Å²) in [6, 6.07) is 6.52. The minimum Gasteiger partial charge on any atom is -0.479 e. The topological polar surface area (TPSA) is 92.1 Å². The Hall–Kier alpha value is -3.49. The van der Waals surface area contributed by atoms with Gasteiger partial charge in [0.15, 0.2) is 0 Å². The third kappa shape index (κ3) is 3.09. The molecule has 7 nitrogen and oxygen atoms in total. The monoisotopic (exact) mass is 465 g/mol. The molecule has 2 heterocycles. The molecule has 0 spiro atoms. The molecule has 9 heteroatoms. The van der Waals surface area contributed by atoms with E-state index in [1.807, 2.05) is 6.92 Å². The lowest BCUT2D eigenvalue weighted by atomic mass is 9.68. The van der Waals surface area contributed by atoms with Gasteiger partial charge in [-0.1, -0.05) is 19.9 Å². The average Bonchev–Trinajstić information content (AvgIpc) is 3.16. The molecule has 2 aliphatic rings. The number of aromatic nitrogens is 4. The predicted octanol–water partition coefficient (Wildman–Crippen LogP) is 4.23. The number of hydrogen-bond donors (Lipinski definition) is 1. The fourth-order valence-corrected chi connectivity index (χ4v) is 5.92. The summed E-state index contributed by atoms with van der Waals surface area (Å²) >= 11 is 0. The number of likely N-dealkylation sites (N-methyl/N-ethyl adjacent to an activating group) is 1. The highest BCUT2D eigenvalue weighted by molar-refractivity contribution is 5.92. The van der Waals surface area contributed by atoms with Crippen molar-refractivity contribution in [1.82, 2.24) is 25.1 Å². The second-order valence-corrected chi connectivity index (χ2v) is 9.59. The Morgan fingerprint density at radius 2 is 1.94 bits per heavy atom. The van der Waals surface area contributed by atoms with Crippen molar-refractivity contribution < 1.29 is 18.7 Å². The predicted molar refractivity (Wildman–Crippen MR) is 120 cm³/mol. The Morgan fingerprint density at radius 3 is 2.62 bits per heavy atom. The number of amides is 1. The van der Waals surface area contributed by atoms with Crippen molar-refractivity contribution in [2.24, 2.45) is 5.41 Å². The van der Waals surface area contributed by atoms with E-state index in [1.54, 1.807) is 11.0 Å². The molecule has 1 saturated carbocycles. The van der Waals surface area contributed by atoms with Gasteiger partial charge in [-0.2, -0.15) is 15.2 Å². The first-order valence-corrected chi connectivity index (χ1v) is 11.3. The lowest BCUT2D eigenvalue weighted by Crippen LogP contribution is -2.48. The summed E-state index contributed by atoms with van der Waals surface area (Å²) in [6.07, 6.45) is 3.04. The van der Waals surface area contributed by atoms with Crippen molar-refractivity contribution in [2.45, 2.75) is 44.9 Å². The maximum atomic E-state index is 14.4. The van der Waals surface area contributed by atoms with Crippen molar-refractivity contribution >= 4 is 5.91 Å². The molecule has 1 fully saturated rings. The molecule has 2 atom stereocenters. The summed E-state index contributed by atoms with van der Waals surface area (Å²) in [6.45, 7) is 7.04. The van der Waals surface area contributed by atoms with E-state index in [2.05, 4.69) is 34.0 Å². The summed E-state index contributed by atoms with van der Waals surface area (Å²) in [5.74, 6) is -1.53. The standard InChI is InChI=1S/C25H25F2N5O2/c1-4-32(22(33)18-9-11-28-23(34)29-18)13-25-10-8-15(24(25,2)3)14-12-19(30-31-21(14)25)20-16(26)6-5-7-17(20)27/h5-7,9,11-12,15H,4,8,10,13H2,1-3H3,(H,28,29,34)/t15-,25-/m0/s1. The maximum Gasteiger partial charge on any atom is 0.314 e. The number of carbonyl (C=O) groups is 1. The van der Waals surface area contributed by atoms with Gasteiger partial charge in [-0.15, -0.1) is 0 Å². The number of nitrogens with zero attached hydrogens (tertiary/aromatic N) is 5. The van der Waals surface area contributed by atoms with E-state index < -0.39 is 23.1 Å². The van der Waals surface area contributed by atoms with Crippen molar-refractivity contribution in [2.75, 3.05) is 13.1 Å². The zero-order chi connectivity index (χ0) is 24.3. The second-order valence-electron chi connectivity index (χ2n) is 9.59. The maximum absolute atomic E-state index is 14.4. The molecule has 3 aromatic rings. The fraction of sp³-hybridized carbons (Fsp3) is 0.400. The van der Waals surface area contributed by atoms with Gasteiger partial charge in [-0.3, -0.25) is 4.79 Å². The van der Waals surface area contributed by atoms with E-state index in [9.17, 15) is 18.7 Å². The lowest BCUT2D eigenvalue weighted by molar-refractivity contribution is 0.0645. The van der Waals surface area contributed by atoms with Gasteiger partial charge in [0, 0.05) is 24.7 Å². The Kier molecular flexibility index (Phi) is 5.11. The molecule has 1 amide bonds. The number of carbonyl (C=O) groups excluding carboxylic acids is 1. The lowest BCUT2D eigenvalue weighted by Gasteiger charge is -2.41. The van der Waals surface area contributed by atoms with Gasteiger partial charge in [-0.25, -0.2) is 13.8 Å². The number of halogens is 2. The minimum atomic E-state index is -0.678. The normalized spacial score (nSPS) is 22.0. The van der Waals surface area contributed by atoms with Crippen LogP contribution in [0.4, 0.5) is 8.78 Å². The molecule has 34 heavy (non-hydrogen) atoms. The van der Waals surface area contributed by atoms with Gasteiger partial charge in [0.05, 0.1) is 17.0 Å². The van der Waals surface area contributed by atoms with E-state index in [0.717, 1.165) is 24.1 Å². The number of rotatable bonds is 5. The van der Waals surface area contributed by atoms with Gasteiger partial charge in [-0.05, 0) is 60.9 Å². The first kappa shape index (κ1) is 22.3. The van der Waals surface area contributed by atoms with Gasteiger partial charge in [0.1, 0.15) is 17.3 Å². The summed E-state index contributed by atoms with van der Waals surface area (Å²) in [7, 11) is 0. The number of hydrogen-bond acceptors (Lipinski definition) is 6. The Bertz CT molecular complexity index is 1280. The Balaban J connectivity index is 1.56. The fourth-order valence-electron chi connectivity index (χ4n) is 5.92. The van der Waals surface area contributed by atoms with Crippen LogP contribution in [0.3, 0.4) is 0 Å². The van der Waals surface area contributed by atoms with Crippen LogP contribution in [0.15, 0.2) is 36.5 Å². The van der Waals surface area contributed by atoms with E-state index in [0.29, 0.717) is 13.1 Å². The van der Waals surface area contributed by atoms with Crippen molar-refractivity contribution in [3.8, 4) is 17.3 Å². The van der Waals surface area contributed by atoms with E-state index in [4.69, 9.17) is 0 Å². The van der Waals surface area contributed by atoms with Crippen LogP contribution in [0.25, 0.3) is 11.3 Å². The summed E-state index contributed by atoms with van der Waals surface area (Å²) < 4.78 is 28.8. The third-order valence-corrected chi connectivity index (χ3v) is 7.83. The second kappa shape index (κ2) is 7.78. The van der Waals surface area contributed by atoms with Crippen molar-refractivity contribution in [1.29, 1.82) is 0 Å². The average molecular weight is 466 g/mol. The zero-order valence-corrected chi connectivity index (χ0v) is 19.2. The number of aromatic hydroxyl groups is 1. The van der Waals surface area contributed by atoms with Crippen LogP contribution in [0.5, 0.6) is 6.01 Å². The molecule has 2 aliphatic carbocycles. The summed E-state index contributed by atoms with van der Waals surface area (Å²) in [4.78, 5) is 22.5. The summed E-state index contributed by atoms with van der Waals surface area (Å²) in [5, 5.41) is 18.4. The first-order chi connectivity index (χ1) is 16.2. The molecule has 2 bridgehead atoms. The highest BCUT2D eigenvalue weighted by Crippen LogP contribution is 2.67. The highest BCUT2D eigenvalue weighted by atomic mass is 19.1. The molecule has 1 N–H and O–H groups in total. The van der Waals surface area contributed by atoms with E-state index in [-0.39, 0.29) is 34.2 Å². The molecule has 5 rings (SSSR count). The number of fused-ring (bicyclic) bond motifs is 5. The Morgan fingerprint density at radius 1 is 1.21 bits per heavy atom. The Labute approximate surface area is 195 Å². The van der Waals surface area contributed by atoms with Gasteiger partial charge < -0.3 is 10.0 Å². The van der Waals surface area contributed by atoms with Crippen molar-refractivity contribution in [3.63, 3.8) is 0 Å². The molecular formula is C25H25F2N5O2. The molecule has 176 valence electrons. The van der Waals surface area contributed by atoms with Crippen LogP contribution in [0.1, 0.15) is 61.3 Å².